The summed E-state index contributed by atoms with van der Waals surface area (Å²) in [5, 5.41) is 2.91. The molecule has 0 aromatic rings. The highest BCUT2D eigenvalue weighted by Gasteiger charge is 2.34. The number of fused-ring (bicyclic) bond motifs is 1. The molecule has 2 fully saturated rings. The van der Waals surface area contributed by atoms with Gasteiger partial charge in [-0.25, -0.2) is 0 Å². The lowest BCUT2D eigenvalue weighted by Gasteiger charge is -2.19. The van der Waals surface area contributed by atoms with E-state index in [9.17, 15) is 9.59 Å². The van der Waals surface area contributed by atoms with Crippen molar-refractivity contribution in [1.29, 1.82) is 0 Å². The highest BCUT2D eigenvalue weighted by Crippen LogP contribution is 2.32. The van der Waals surface area contributed by atoms with Crippen molar-refractivity contribution in [3.05, 3.63) is 24.3 Å². The van der Waals surface area contributed by atoms with Gasteiger partial charge in [-0.05, 0) is 37.0 Å². The summed E-state index contributed by atoms with van der Waals surface area (Å²) >= 11 is 1.54. The fourth-order valence-electron chi connectivity index (χ4n) is 2.68. The Morgan fingerprint density at radius 2 is 1.90 bits per heavy atom. The van der Waals surface area contributed by atoms with Crippen molar-refractivity contribution in [2.24, 2.45) is 0 Å². The standard InChI is InChI=1S/C10H16N2O2S.C6H4/c1-7(13)9-11-8(6-15-9)10(14)12-4-2-3-5-12;1-2-5-4-6(5)3-1/h8-9,11H,2-6H2,1H3;1-4H. The van der Waals surface area contributed by atoms with Crippen LogP contribution in [0.5, 0.6) is 0 Å². The van der Waals surface area contributed by atoms with Crippen LogP contribution in [-0.4, -0.2) is 46.8 Å². The first-order valence-corrected chi connectivity index (χ1v) is 8.47. The maximum Gasteiger partial charge on any atom is 0.240 e. The van der Waals surface area contributed by atoms with E-state index in [1.165, 1.54) is 22.9 Å². The van der Waals surface area contributed by atoms with Crippen molar-refractivity contribution >= 4 is 23.5 Å². The van der Waals surface area contributed by atoms with Crippen LogP contribution in [0.4, 0.5) is 0 Å². The van der Waals surface area contributed by atoms with Crippen molar-refractivity contribution in [2.75, 3.05) is 18.8 Å². The molecule has 0 radical (unpaired) electrons. The molecule has 4 rings (SSSR count). The van der Waals surface area contributed by atoms with Crippen LogP contribution in [0.15, 0.2) is 24.3 Å². The van der Waals surface area contributed by atoms with Crippen molar-refractivity contribution in [3.8, 4) is 11.1 Å². The number of thioether (sulfide) groups is 1. The molecule has 21 heavy (non-hydrogen) atoms. The number of nitrogens with one attached hydrogen (secondary N) is 1. The Morgan fingerprint density at radius 1 is 1.24 bits per heavy atom. The number of Topliss-reactive ketones (excluding diaryl/α,β-unsaturated/α-hetero) is 1. The van der Waals surface area contributed by atoms with Gasteiger partial charge in [0.05, 0.1) is 6.04 Å². The Kier molecular flexibility index (Phi) is 4.31. The average molecular weight is 304 g/mol. The number of likely N-dealkylation sites (tertiary alicyclic amines) is 1. The molecule has 112 valence electrons. The van der Waals surface area contributed by atoms with Crippen molar-refractivity contribution < 1.29 is 9.59 Å². The van der Waals surface area contributed by atoms with E-state index in [0.29, 0.717) is 0 Å². The summed E-state index contributed by atoms with van der Waals surface area (Å²) in [7, 11) is 0. The summed E-state index contributed by atoms with van der Waals surface area (Å²) in [5.41, 5.74) is 2.85. The SMILES string of the molecule is CC(=O)C1NC(C(=O)N2CCCC2)CS1.c1cc2cc-2c1. The summed E-state index contributed by atoms with van der Waals surface area (Å²) < 4.78 is 0. The number of ketones is 1. The number of nitrogens with zero attached hydrogens (tertiary/aromatic N) is 1. The predicted octanol–water partition coefficient (Wildman–Crippen LogP) is 1.90. The van der Waals surface area contributed by atoms with Gasteiger partial charge in [-0.15, -0.1) is 11.8 Å². The summed E-state index contributed by atoms with van der Waals surface area (Å²) in [5.74, 6) is 1.00. The molecule has 4 aliphatic rings. The van der Waals surface area contributed by atoms with Gasteiger partial charge in [0.1, 0.15) is 5.37 Å². The third kappa shape index (κ3) is 3.47. The number of rotatable bonds is 2. The van der Waals surface area contributed by atoms with E-state index in [2.05, 4.69) is 29.6 Å². The summed E-state index contributed by atoms with van der Waals surface area (Å²) in [6.07, 6.45) is 2.23. The molecule has 0 aromatic heterocycles. The minimum atomic E-state index is -0.179. The van der Waals surface area contributed by atoms with E-state index in [-0.39, 0.29) is 23.1 Å². The topological polar surface area (TPSA) is 49.4 Å². The second kappa shape index (κ2) is 6.20. The van der Waals surface area contributed by atoms with Crippen LogP contribution in [-0.2, 0) is 9.59 Å². The number of amides is 1. The molecule has 0 bridgehead atoms. The first kappa shape index (κ1) is 14.6. The lowest BCUT2D eigenvalue weighted by atomic mass is 10.3. The highest BCUT2D eigenvalue weighted by atomic mass is 32.2. The highest BCUT2D eigenvalue weighted by molar-refractivity contribution is 8.00. The molecule has 1 amide bonds. The van der Waals surface area contributed by atoms with Gasteiger partial charge < -0.3 is 4.90 Å². The lowest BCUT2D eigenvalue weighted by Crippen LogP contribution is -2.46. The molecule has 5 heteroatoms. The van der Waals surface area contributed by atoms with Gasteiger partial charge in [-0.3, -0.25) is 14.9 Å². The van der Waals surface area contributed by atoms with E-state index in [0.717, 1.165) is 31.7 Å². The first-order chi connectivity index (χ1) is 10.1. The van der Waals surface area contributed by atoms with Crippen LogP contribution < -0.4 is 5.32 Å². The minimum Gasteiger partial charge on any atom is -0.341 e. The zero-order valence-corrected chi connectivity index (χ0v) is 13.0. The van der Waals surface area contributed by atoms with Crippen molar-refractivity contribution in [1.82, 2.24) is 10.2 Å². The van der Waals surface area contributed by atoms with E-state index < -0.39 is 0 Å². The van der Waals surface area contributed by atoms with Crippen LogP contribution in [0.2, 0.25) is 0 Å². The fraction of sp³-hybridized carbons (Fsp3) is 0.500. The molecule has 2 aliphatic heterocycles. The molecule has 2 saturated heterocycles. The van der Waals surface area contributed by atoms with Gasteiger partial charge in [-0.1, -0.05) is 18.2 Å². The number of hydrogen-bond donors (Lipinski definition) is 1. The van der Waals surface area contributed by atoms with Crippen LogP contribution >= 0.6 is 11.8 Å². The Hall–Kier alpha value is -1.33. The minimum absolute atomic E-state index is 0.108. The second-order valence-electron chi connectivity index (χ2n) is 5.66. The normalized spacial score (nSPS) is 25.3. The predicted molar refractivity (Wildman–Crippen MR) is 85.1 cm³/mol. The lowest BCUT2D eigenvalue weighted by molar-refractivity contribution is -0.131. The maximum atomic E-state index is 12.0. The first-order valence-electron chi connectivity index (χ1n) is 7.42. The van der Waals surface area contributed by atoms with Crippen LogP contribution in [0.3, 0.4) is 0 Å². The second-order valence-corrected chi connectivity index (χ2v) is 6.79. The summed E-state index contributed by atoms with van der Waals surface area (Å²) in [6, 6.07) is 8.33. The van der Waals surface area contributed by atoms with Gasteiger partial charge >= 0.3 is 0 Å². The van der Waals surface area contributed by atoms with Crippen LogP contribution in [0.25, 0.3) is 11.1 Å². The number of carbonyl (C=O) groups is 2. The molecular formula is C16H20N2O2S. The van der Waals surface area contributed by atoms with E-state index >= 15 is 0 Å². The van der Waals surface area contributed by atoms with Crippen LogP contribution in [0, 0.1) is 0 Å². The Labute approximate surface area is 129 Å². The van der Waals surface area contributed by atoms with Gasteiger partial charge in [0, 0.05) is 18.8 Å². The third-order valence-corrected chi connectivity index (χ3v) is 5.31. The zero-order valence-electron chi connectivity index (χ0n) is 12.2. The number of benzene rings is 1. The number of carbonyl (C=O) groups excluding carboxylic acids is 2. The molecule has 1 N–H and O–H groups in total. The molecule has 4 nitrogen and oxygen atoms in total. The third-order valence-electron chi connectivity index (χ3n) is 3.98. The van der Waals surface area contributed by atoms with Crippen LogP contribution in [0.1, 0.15) is 19.8 Å². The van der Waals surface area contributed by atoms with Crippen molar-refractivity contribution in [3.63, 3.8) is 0 Å². The maximum absolute atomic E-state index is 12.0. The van der Waals surface area contributed by atoms with Gasteiger partial charge in [0.2, 0.25) is 5.91 Å². The monoisotopic (exact) mass is 304 g/mol. The van der Waals surface area contributed by atoms with Crippen molar-refractivity contribution in [2.45, 2.75) is 31.2 Å². The van der Waals surface area contributed by atoms with E-state index in [1.807, 2.05) is 4.90 Å². The van der Waals surface area contributed by atoms with Gasteiger partial charge in [0.15, 0.2) is 5.78 Å². The summed E-state index contributed by atoms with van der Waals surface area (Å²) in [4.78, 5) is 25.0. The largest absolute Gasteiger partial charge is 0.341 e. The quantitative estimate of drug-likeness (QED) is 0.920. The molecule has 0 aromatic carbocycles. The molecule has 2 unspecified atom stereocenters. The Morgan fingerprint density at radius 3 is 2.33 bits per heavy atom. The molecule has 0 spiro atoms. The average Bonchev–Trinajstić information content (AvgIpc) is 3.01. The molecule has 2 aliphatic carbocycles. The zero-order chi connectivity index (χ0) is 14.8. The smallest absolute Gasteiger partial charge is 0.240 e. The van der Waals surface area contributed by atoms with E-state index in [1.54, 1.807) is 6.92 Å². The number of hydrogen-bond acceptors (Lipinski definition) is 4. The molecule has 2 heterocycles. The summed E-state index contributed by atoms with van der Waals surface area (Å²) in [6.45, 7) is 3.33. The molecule has 0 saturated carbocycles. The Balaban J connectivity index is 0.000000180. The van der Waals surface area contributed by atoms with Gasteiger partial charge in [-0.2, -0.15) is 0 Å². The van der Waals surface area contributed by atoms with Gasteiger partial charge in [0.25, 0.3) is 0 Å². The Bertz CT molecular complexity index is 538. The molecular weight excluding hydrogens is 284 g/mol. The molecule has 2 atom stereocenters. The van der Waals surface area contributed by atoms with E-state index in [4.69, 9.17) is 0 Å². The fourth-order valence-corrected chi connectivity index (χ4v) is 3.80.